The largest absolute Gasteiger partial charge is 0.493 e. The molecule has 4 heteroatoms. The maximum atomic E-state index is 5.69. The molecule has 2 heterocycles. The highest BCUT2D eigenvalue weighted by molar-refractivity contribution is 5.45. The molecule has 0 aliphatic carbocycles. The summed E-state index contributed by atoms with van der Waals surface area (Å²) in [6.07, 6.45) is 0.937. The number of hydrogen-bond donors (Lipinski definition) is 1. The van der Waals surface area contributed by atoms with Crippen molar-refractivity contribution in [3.05, 3.63) is 47.2 Å². The Bertz CT molecular complexity index is 580. The van der Waals surface area contributed by atoms with Crippen LogP contribution in [-0.2, 0) is 0 Å². The zero-order valence-corrected chi connectivity index (χ0v) is 11.2. The Hall–Kier alpha value is -2.10. The number of nitrogens with one attached hydrogen (secondary N) is 1. The van der Waals surface area contributed by atoms with Gasteiger partial charge in [0.15, 0.2) is 0 Å². The summed E-state index contributed by atoms with van der Waals surface area (Å²) in [6.45, 7) is 4.76. The number of hydrogen-bond acceptors (Lipinski definition) is 4. The Labute approximate surface area is 112 Å². The van der Waals surface area contributed by atoms with Crippen LogP contribution in [0.15, 0.2) is 30.3 Å². The lowest BCUT2D eigenvalue weighted by Crippen LogP contribution is -2.21. The lowest BCUT2D eigenvalue weighted by molar-refractivity contribution is 0.274. The Kier molecular flexibility index (Phi) is 3.07. The molecule has 1 aromatic heterocycles. The van der Waals surface area contributed by atoms with E-state index in [0.29, 0.717) is 0 Å². The van der Waals surface area contributed by atoms with Crippen molar-refractivity contribution in [1.82, 2.24) is 10.2 Å². The van der Waals surface area contributed by atoms with Gasteiger partial charge in [-0.05, 0) is 32.0 Å². The predicted molar refractivity (Wildman–Crippen MR) is 74.4 cm³/mol. The van der Waals surface area contributed by atoms with Crippen molar-refractivity contribution in [2.24, 2.45) is 0 Å². The van der Waals surface area contributed by atoms with Crippen LogP contribution < -0.4 is 10.1 Å². The zero-order chi connectivity index (χ0) is 13.2. The fraction of sp³-hybridized carbons (Fsp3) is 0.333. The zero-order valence-electron chi connectivity index (χ0n) is 11.2. The topological polar surface area (TPSA) is 47.0 Å². The summed E-state index contributed by atoms with van der Waals surface area (Å²) in [7, 11) is 0. The number of aryl methyl sites for hydroxylation is 2. The van der Waals surface area contributed by atoms with Gasteiger partial charge in [0, 0.05) is 12.0 Å². The van der Waals surface area contributed by atoms with E-state index < -0.39 is 0 Å². The van der Waals surface area contributed by atoms with E-state index in [1.165, 1.54) is 11.1 Å². The highest BCUT2D eigenvalue weighted by Gasteiger charge is 2.21. The van der Waals surface area contributed by atoms with E-state index in [9.17, 15) is 0 Å². The summed E-state index contributed by atoms with van der Waals surface area (Å²) in [5, 5.41) is 11.7. The Morgan fingerprint density at radius 2 is 2.05 bits per heavy atom. The van der Waals surface area contributed by atoms with Gasteiger partial charge in [-0.1, -0.05) is 17.7 Å². The predicted octanol–water partition coefficient (Wildman–Crippen LogP) is 3.03. The molecule has 1 N–H and O–H groups in total. The van der Waals surface area contributed by atoms with E-state index in [2.05, 4.69) is 34.6 Å². The second-order valence-corrected chi connectivity index (χ2v) is 4.94. The van der Waals surface area contributed by atoms with Gasteiger partial charge in [0.1, 0.15) is 11.6 Å². The molecular formula is C15H17N3O. The van der Waals surface area contributed by atoms with Gasteiger partial charge in [-0.15, -0.1) is 5.10 Å². The normalized spacial score (nSPS) is 17.5. The minimum absolute atomic E-state index is 0.237. The van der Waals surface area contributed by atoms with Crippen LogP contribution in [0.25, 0.3) is 0 Å². The SMILES string of the molecule is Cc1ccc2c(c1)C(Nc1ccc(C)nn1)CCO2. The van der Waals surface area contributed by atoms with Crippen molar-refractivity contribution in [2.45, 2.75) is 26.3 Å². The number of fused-ring (bicyclic) bond motifs is 1. The van der Waals surface area contributed by atoms with Crippen molar-refractivity contribution in [2.75, 3.05) is 11.9 Å². The van der Waals surface area contributed by atoms with E-state index in [4.69, 9.17) is 4.74 Å². The minimum Gasteiger partial charge on any atom is -0.493 e. The standard InChI is InChI=1S/C15H17N3O/c1-10-3-5-14-12(9-10)13(7-8-19-14)16-15-6-4-11(2)17-18-15/h3-6,9,13H,7-8H2,1-2H3,(H,16,18). The first-order valence-corrected chi connectivity index (χ1v) is 6.52. The molecule has 1 aliphatic rings. The molecule has 0 fully saturated rings. The molecular weight excluding hydrogens is 238 g/mol. The van der Waals surface area contributed by atoms with Gasteiger partial charge >= 0.3 is 0 Å². The molecule has 19 heavy (non-hydrogen) atoms. The number of aromatic nitrogens is 2. The lowest BCUT2D eigenvalue weighted by Gasteiger charge is -2.27. The number of nitrogens with zero attached hydrogens (tertiary/aromatic N) is 2. The highest BCUT2D eigenvalue weighted by atomic mass is 16.5. The molecule has 1 unspecified atom stereocenters. The fourth-order valence-corrected chi connectivity index (χ4v) is 2.32. The summed E-state index contributed by atoms with van der Waals surface area (Å²) in [5.74, 6) is 1.78. The van der Waals surface area contributed by atoms with Gasteiger partial charge in [0.2, 0.25) is 0 Å². The average Bonchev–Trinajstić information content (AvgIpc) is 2.42. The van der Waals surface area contributed by atoms with E-state index in [0.717, 1.165) is 30.3 Å². The Balaban J connectivity index is 1.87. The smallest absolute Gasteiger partial charge is 0.149 e. The molecule has 0 spiro atoms. The van der Waals surface area contributed by atoms with E-state index >= 15 is 0 Å². The third kappa shape index (κ3) is 2.52. The van der Waals surface area contributed by atoms with Crippen LogP contribution in [0.1, 0.15) is 29.3 Å². The molecule has 1 atom stereocenters. The second kappa shape index (κ2) is 4.88. The summed E-state index contributed by atoms with van der Waals surface area (Å²) in [6, 6.07) is 10.5. The first kappa shape index (κ1) is 12.0. The molecule has 0 radical (unpaired) electrons. The quantitative estimate of drug-likeness (QED) is 0.896. The van der Waals surface area contributed by atoms with Crippen LogP contribution in [-0.4, -0.2) is 16.8 Å². The summed E-state index contributed by atoms with van der Waals surface area (Å²) in [4.78, 5) is 0. The summed E-state index contributed by atoms with van der Waals surface area (Å²) in [5.41, 5.74) is 3.37. The molecule has 1 aromatic carbocycles. The minimum atomic E-state index is 0.237. The van der Waals surface area contributed by atoms with Gasteiger partial charge in [0.05, 0.1) is 18.3 Å². The van der Waals surface area contributed by atoms with Gasteiger partial charge in [-0.25, -0.2) is 0 Å². The molecule has 98 valence electrons. The maximum Gasteiger partial charge on any atom is 0.149 e. The van der Waals surface area contributed by atoms with Crippen LogP contribution in [0.3, 0.4) is 0 Å². The Morgan fingerprint density at radius 3 is 2.84 bits per heavy atom. The third-order valence-electron chi connectivity index (χ3n) is 3.32. The number of benzene rings is 1. The van der Waals surface area contributed by atoms with Crippen LogP contribution in [0.5, 0.6) is 5.75 Å². The Morgan fingerprint density at radius 1 is 1.16 bits per heavy atom. The van der Waals surface area contributed by atoms with Gasteiger partial charge in [-0.2, -0.15) is 5.10 Å². The molecule has 1 aliphatic heterocycles. The molecule has 3 rings (SSSR count). The lowest BCUT2D eigenvalue weighted by atomic mass is 9.98. The third-order valence-corrected chi connectivity index (χ3v) is 3.32. The average molecular weight is 255 g/mol. The molecule has 2 aromatic rings. The van der Waals surface area contributed by atoms with Crippen LogP contribution >= 0.6 is 0 Å². The van der Waals surface area contributed by atoms with Crippen molar-refractivity contribution < 1.29 is 4.74 Å². The summed E-state index contributed by atoms with van der Waals surface area (Å²) < 4.78 is 5.69. The van der Waals surface area contributed by atoms with Crippen molar-refractivity contribution in [3.63, 3.8) is 0 Å². The molecule has 0 saturated heterocycles. The highest BCUT2D eigenvalue weighted by Crippen LogP contribution is 2.34. The monoisotopic (exact) mass is 255 g/mol. The molecule has 0 bridgehead atoms. The fourth-order valence-electron chi connectivity index (χ4n) is 2.32. The molecule has 0 amide bonds. The van der Waals surface area contributed by atoms with Gasteiger partial charge in [-0.3, -0.25) is 0 Å². The van der Waals surface area contributed by atoms with Gasteiger partial charge in [0.25, 0.3) is 0 Å². The number of anilines is 1. The van der Waals surface area contributed by atoms with Crippen LogP contribution in [0, 0.1) is 13.8 Å². The van der Waals surface area contributed by atoms with Crippen molar-refractivity contribution >= 4 is 5.82 Å². The second-order valence-electron chi connectivity index (χ2n) is 4.94. The van der Waals surface area contributed by atoms with Crippen molar-refractivity contribution in [1.29, 1.82) is 0 Å². The number of ether oxygens (including phenoxy) is 1. The number of rotatable bonds is 2. The van der Waals surface area contributed by atoms with Crippen LogP contribution in [0.4, 0.5) is 5.82 Å². The molecule has 4 nitrogen and oxygen atoms in total. The van der Waals surface area contributed by atoms with Crippen LogP contribution in [0.2, 0.25) is 0 Å². The van der Waals surface area contributed by atoms with Gasteiger partial charge < -0.3 is 10.1 Å². The first-order chi connectivity index (χ1) is 9.22. The molecule has 0 saturated carbocycles. The van der Waals surface area contributed by atoms with E-state index in [-0.39, 0.29) is 6.04 Å². The van der Waals surface area contributed by atoms with Crippen molar-refractivity contribution in [3.8, 4) is 5.75 Å². The summed E-state index contributed by atoms with van der Waals surface area (Å²) >= 11 is 0. The van der Waals surface area contributed by atoms with E-state index in [1.807, 2.05) is 25.1 Å². The maximum absolute atomic E-state index is 5.69. The first-order valence-electron chi connectivity index (χ1n) is 6.52. The van der Waals surface area contributed by atoms with E-state index in [1.54, 1.807) is 0 Å².